The predicted molar refractivity (Wildman–Crippen MR) is 115 cm³/mol. The Balaban J connectivity index is 1.57. The summed E-state index contributed by atoms with van der Waals surface area (Å²) in [5.74, 6) is -0.0624. The SMILES string of the molecule is CCC1CCCCN1S(=O)(=O)c1ccc(NC(=O)CN2CCN(CC)CC2)cc1. The van der Waals surface area contributed by atoms with Crippen LogP contribution in [0, 0.1) is 0 Å². The summed E-state index contributed by atoms with van der Waals surface area (Å²) in [5.41, 5.74) is 0.631. The predicted octanol–water partition coefficient (Wildman–Crippen LogP) is 2.22. The van der Waals surface area contributed by atoms with Gasteiger partial charge in [-0.1, -0.05) is 20.3 Å². The van der Waals surface area contributed by atoms with E-state index in [9.17, 15) is 13.2 Å². The van der Waals surface area contributed by atoms with Crippen LogP contribution < -0.4 is 5.32 Å². The molecule has 0 spiro atoms. The number of hydrogen-bond acceptors (Lipinski definition) is 5. The Bertz CT molecular complexity index is 774. The summed E-state index contributed by atoms with van der Waals surface area (Å²) in [4.78, 5) is 17.2. The number of benzene rings is 1. The number of amides is 1. The summed E-state index contributed by atoms with van der Waals surface area (Å²) >= 11 is 0. The second-order valence-electron chi connectivity index (χ2n) is 7.96. The molecule has 0 radical (unpaired) electrons. The van der Waals surface area contributed by atoms with Gasteiger partial charge in [0.15, 0.2) is 0 Å². The fourth-order valence-electron chi connectivity index (χ4n) is 4.21. The van der Waals surface area contributed by atoms with E-state index in [1.54, 1.807) is 28.6 Å². The Morgan fingerprint density at radius 3 is 2.28 bits per heavy atom. The number of piperazine rings is 1. The maximum absolute atomic E-state index is 13.0. The van der Waals surface area contributed by atoms with Crippen molar-refractivity contribution in [2.24, 2.45) is 0 Å². The van der Waals surface area contributed by atoms with E-state index < -0.39 is 10.0 Å². The Labute approximate surface area is 175 Å². The second-order valence-corrected chi connectivity index (χ2v) is 9.85. The van der Waals surface area contributed by atoms with Crippen LogP contribution in [0.5, 0.6) is 0 Å². The zero-order valence-corrected chi connectivity index (χ0v) is 18.5. The van der Waals surface area contributed by atoms with E-state index in [1.165, 1.54) is 0 Å². The molecule has 1 N–H and O–H groups in total. The molecule has 0 aromatic heterocycles. The molecule has 162 valence electrons. The Kier molecular flexibility index (Phi) is 7.67. The van der Waals surface area contributed by atoms with Gasteiger partial charge in [0, 0.05) is 44.5 Å². The number of rotatable bonds is 7. The number of nitrogens with zero attached hydrogens (tertiary/aromatic N) is 3. The summed E-state index contributed by atoms with van der Waals surface area (Å²) in [5, 5.41) is 2.89. The lowest BCUT2D eigenvalue weighted by molar-refractivity contribution is -0.117. The standard InChI is InChI=1S/C21H34N4O3S/c1-3-19-7-5-6-12-25(19)29(27,28)20-10-8-18(9-11-20)22-21(26)17-24-15-13-23(4-2)14-16-24/h8-11,19H,3-7,12-17H2,1-2H3,(H,22,26). The van der Waals surface area contributed by atoms with Gasteiger partial charge in [0.2, 0.25) is 15.9 Å². The van der Waals surface area contributed by atoms with Crippen molar-refractivity contribution in [3.05, 3.63) is 24.3 Å². The normalized spacial score (nSPS) is 22.5. The number of piperidine rings is 1. The molecule has 1 aromatic rings. The van der Waals surface area contributed by atoms with Crippen molar-refractivity contribution in [1.82, 2.24) is 14.1 Å². The molecule has 3 rings (SSSR count). The van der Waals surface area contributed by atoms with Gasteiger partial charge in [0.1, 0.15) is 0 Å². The molecule has 29 heavy (non-hydrogen) atoms. The van der Waals surface area contributed by atoms with Crippen LogP contribution in [0.4, 0.5) is 5.69 Å². The lowest BCUT2D eigenvalue weighted by Gasteiger charge is -2.34. The van der Waals surface area contributed by atoms with Crippen LogP contribution in [0.15, 0.2) is 29.2 Å². The van der Waals surface area contributed by atoms with Gasteiger partial charge in [-0.05, 0) is 50.1 Å². The van der Waals surface area contributed by atoms with E-state index in [1.807, 2.05) is 6.92 Å². The van der Waals surface area contributed by atoms with Crippen LogP contribution in [-0.4, -0.2) is 80.3 Å². The Hall–Kier alpha value is -1.48. The third-order valence-corrected chi connectivity index (χ3v) is 8.03. The summed E-state index contributed by atoms with van der Waals surface area (Å²) < 4.78 is 27.7. The zero-order chi connectivity index (χ0) is 20.9. The van der Waals surface area contributed by atoms with Crippen LogP contribution in [0.25, 0.3) is 0 Å². The third kappa shape index (κ3) is 5.57. The van der Waals surface area contributed by atoms with Gasteiger partial charge < -0.3 is 10.2 Å². The van der Waals surface area contributed by atoms with Gasteiger partial charge in [-0.3, -0.25) is 9.69 Å². The minimum absolute atomic E-state index is 0.0624. The molecule has 8 heteroatoms. The smallest absolute Gasteiger partial charge is 0.243 e. The molecular weight excluding hydrogens is 388 g/mol. The summed E-state index contributed by atoms with van der Waals surface area (Å²) in [6.07, 6.45) is 3.76. The maximum Gasteiger partial charge on any atom is 0.243 e. The summed E-state index contributed by atoms with van der Waals surface area (Å²) in [6.45, 7) is 9.97. The average Bonchev–Trinajstić information content (AvgIpc) is 2.74. The van der Waals surface area contributed by atoms with Gasteiger partial charge in [0.05, 0.1) is 11.4 Å². The number of hydrogen-bond donors (Lipinski definition) is 1. The van der Waals surface area contributed by atoms with E-state index in [4.69, 9.17) is 0 Å². The fraction of sp³-hybridized carbons (Fsp3) is 0.667. The number of anilines is 1. The molecular formula is C21H34N4O3S. The highest BCUT2D eigenvalue weighted by Crippen LogP contribution is 2.27. The Morgan fingerprint density at radius 1 is 1.00 bits per heavy atom. The maximum atomic E-state index is 13.0. The van der Waals surface area contributed by atoms with E-state index in [0.717, 1.165) is 58.4 Å². The fourth-order valence-corrected chi connectivity index (χ4v) is 5.98. The minimum atomic E-state index is -3.49. The van der Waals surface area contributed by atoms with Crippen molar-refractivity contribution in [2.75, 3.05) is 51.1 Å². The van der Waals surface area contributed by atoms with Crippen LogP contribution >= 0.6 is 0 Å². The van der Waals surface area contributed by atoms with Crippen molar-refractivity contribution in [2.45, 2.75) is 50.5 Å². The lowest BCUT2D eigenvalue weighted by Crippen LogP contribution is -2.48. The minimum Gasteiger partial charge on any atom is -0.325 e. The Morgan fingerprint density at radius 2 is 1.66 bits per heavy atom. The van der Waals surface area contributed by atoms with E-state index in [2.05, 4.69) is 22.0 Å². The van der Waals surface area contributed by atoms with E-state index in [-0.39, 0.29) is 11.9 Å². The molecule has 2 fully saturated rings. The molecule has 2 heterocycles. The van der Waals surface area contributed by atoms with Gasteiger partial charge in [-0.25, -0.2) is 8.42 Å². The van der Waals surface area contributed by atoms with Crippen LogP contribution in [0.1, 0.15) is 39.5 Å². The first kappa shape index (κ1) is 22.2. The molecule has 2 saturated heterocycles. The molecule has 0 saturated carbocycles. The molecule has 0 bridgehead atoms. The largest absolute Gasteiger partial charge is 0.325 e. The first-order valence-electron chi connectivity index (χ1n) is 10.8. The average molecular weight is 423 g/mol. The molecule has 7 nitrogen and oxygen atoms in total. The quantitative estimate of drug-likeness (QED) is 0.729. The highest BCUT2D eigenvalue weighted by atomic mass is 32.2. The third-order valence-electron chi connectivity index (χ3n) is 6.07. The van der Waals surface area contributed by atoms with E-state index >= 15 is 0 Å². The van der Waals surface area contributed by atoms with Crippen LogP contribution in [-0.2, 0) is 14.8 Å². The molecule has 0 aliphatic carbocycles. The number of sulfonamides is 1. The van der Waals surface area contributed by atoms with Crippen molar-refractivity contribution < 1.29 is 13.2 Å². The topological polar surface area (TPSA) is 73.0 Å². The summed E-state index contributed by atoms with van der Waals surface area (Å²) in [7, 11) is -3.49. The lowest BCUT2D eigenvalue weighted by atomic mass is 10.0. The number of carbonyl (C=O) groups is 1. The van der Waals surface area contributed by atoms with Gasteiger partial charge in [-0.2, -0.15) is 4.31 Å². The van der Waals surface area contributed by atoms with Crippen LogP contribution in [0.2, 0.25) is 0 Å². The number of nitrogens with one attached hydrogen (secondary N) is 1. The monoisotopic (exact) mass is 422 g/mol. The van der Waals surface area contributed by atoms with Gasteiger partial charge >= 0.3 is 0 Å². The molecule has 2 aliphatic heterocycles. The van der Waals surface area contributed by atoms with E-state index in [0.29, 0.717) is 23.7 Å². The molecule has 1 unspecified atom stereocenters. The number of carbonyl (C=O) groups excluding carboxylic acids is 1. The molecule has 1 aromatic carbocycles. The zero-order valence-electron chi connectivity index (χ0n) is 17.6. The van der Waals surface area contributed by atoms with Crippen molar-refractivity contribution in [1.29, 1.82) is 0 Å². The summed E-state index contributed by atoms with van der Waals surface area (Å²) in [6, 6.07) is 6.66. The molecule has 1 atom stereocenters. The number of likely N-dealkylation sites (N-methyl/N-ethyl adjacent to an activating group) is 1. The highest BCUT2D eigenvalue weighted by molar-refractivity contribution is 7.89. The van der Waals surface area contributed by atoms with Crippen molar-refractivity contribution >= 4 is 21.6 Å². The van der Waals surface area contributed by atoms with Gasteiger partial charge in [-0.15, -0.1) is 0 Å². The second kappa shape index (κ2) is 10.0. The molecule has 1 amide bonds. The first-order chi connectivity index (χ1) is 13.9. The highest BCUT2D eigenvalue weighted by Gasteiger charge is 2.32. The van der Waals surface area contributed by atoms with Crippen molar-refractivity contribution in [3.8, 4) is 0 Å². The van der Waals surface area contributed by atoms with Crippen LogP contribution in [0.3, 0.4) is 0 Å². The van der Waals surface area contributed by atoms with Gasteiger partial charge in [0.25, 0.3) is 0 Å². The molecule has 2 aliphatic rings. The first-order valence-corrected chi connectivity index (χ1v) is 12.2. The van der Waals surface area contributed by atoms with Crippen molar-refractivity contribution in [3.63, 3.8) is 0 Å².